The van der Waals surface area contributed by atoms with Gasteiger partial charge in [-0.2, -0.15) is 0 Å². The summed E-state index contributed by atoms with van der Waals surface area (Å²) in [7, 11) is 1.33. The van der Waals surface area contributed by atoms with Crippen LogP contribution >= 0.6 is 11.3 Å². The second-order valence-electron chi connectivity index (χ2n) is 5.98. The lowest BCUT2D eigenvalue weighted by Crippen LogP contribution is -2.31. The Balaban J connectivity index is 1.71. The summed E-state index contributed by atoms with van der Waals surface area (Å²) in [6.45, 7) is 1.78. The monoisotopic (exact) mass is 384 g/mol. The minimum absolute atomic E-state index is 0.0746. The largest absolute Gasteiger partial charge is 0.469 e. The number of nitrogens with zero attached hydrogens (tertiary/aromatic N) is 1. The number of methoxy groups -OCH3 is 1. The Kier molecular flexibility index (Phi) is 6.03. The molecule has 0 aliphatic carbocycles. The van der Waals surface area contributed by atoms with Crippen molar-refractivity contribution >= 4 is 23.2 Å². The molecule has 0 fully saturated rings. The molecule has 6 nitrogen and oxygen atoms in total. The molecule has 1 N–H and O–H groups in total. The molecule has 3 aromatic rings. The smallest absolute Gasteiger partial charge is 0.307 e. The molecule has 27 heavy (non-hydrogen) atoms. The second kappa shape index (κ2) is 8.64. The van der Waals surface area contributed by atoms with Crippen LogP contribution in [0.3, 0.4) is 0 Å². The highest BCUT2D eigenvalue weighted by molar-refractivity contribution is 7.10. The number of thiophene rings is 1. The molecule has 1 atom stereocenters. The van der Waals surface area contributed by atoms with E-state index in [9.17, 15) is 9.59 Å². The van der Waals surface area contributed by atoms with Crippen LogP contribution in [0.1, 0.15) is 28.8 Å². The highest BCUT2D eigenvalue weighted by atomic mass is 32.1. The van der Waals surface area contributed by atoms with Crippen molar-refractivity contribution in [1.29, 1.82) is 0 Å². The number of benzene rings is 1. The Bertz CT molecular complexity index is 903. The van der Waals surface area contributed by atoms with Crippen LogP contribution in [-0.2, 0) is 20.7 Å². The van der Waals surface area contributed by atoms with Crippen LogP contribution in [0.25, 0.3) is 11.5 Å². The molecular formula is C20H20N2O4S. The van der Waals surface area contributed by atoms with Gasteiger partial charge >= 0.3 is 5.97 Å². The normalized spacial score (nSPS) is 11.8. The van der Waals surface area contributed by atoms with Gasteiger partial charge in [0.05, 0.1) is 31.7 Å². The lowest BCUT2D eigenvalue weighted by Gasteiger charge is -2.16. The molecule has 1 aromatic carbocycles. The fourth-order valence-corrected chi connectivity index (χ4v) is 3.43. The van der Waals surface area contributed by atoms with Crippen LogP contribution in [0, 0.1) is 6.92 Å². The lowest BCUT2D eigenvalue weighted by molar-refractivity contribution is -0.141. The molecule has 0 saturated heterocycles. The van der Waals surface area contributed by atoms with Crippen molar-refractivity contribution in [3.05, 3.63) is 64.2 Å². The molecule has 0 bridgehead atoms. The van der Waals surface area contributed by atoms with Crippen molar-refractivity contribution in [3.8, 4) is 11.5 Å². The fourth-order valence-electron chi connectivity index (χ4n) is 2.66. The van der Waals surface area contributed by atoms with Crippen molar-refractivity contribution in [2.45, 2.75) is 25.8 Å². The molecule has 0 saturated carbocycles. The minimum atomic E-state index is -0.425. The SMILES string of the molecule is COC(=O)CC(NC(=O)Cc1nc(-c2ccccc2)oc1C)c1cccs1. The van der Waals surface area contributed by atoms with Crippen LogP contribution in [0.5, 0.6) is 0 Å². The molecular weight excluding hydrogens is 364 g/mol. The van der Waals surface area contributed by atoms with Crippen LogP contribution in [0.4, 0.5) is 0 Å². The van der Waals surface area contributed by atoms with E-state index >= 15 is 0 Å². The van der Waals surface area contributed by atoms with Gasteiger partial charge < -0.3 is 14.5 Å². The highest BCUT2D eigenvalue weighted by Crippen LogP contribution is 2.24. The van der Waals surface area contributed by atoms with Crippen molar-refractivity contribution in [2.24, 2.45) is 0 Å². The molecule has 3 rings (SSSR count). The number of aromatic nitrogens is 1. The fraction of sp³-hybridized carbons (Fsp3) is 0.250. The zero-order chi connectivity index (χ0) is 19.2. The summed E-state index contributed by atoms with van der Waals surface area (Å²) in [5.74, 6) is 0.482. The van der Waals surface area contributed by atoms with Crippen molar-refractivity contribution in [2.75, 3.05) is 7.11 Å². The molecule has 2 aromatic heterocycles. The van der Waals surface area contributed by atoms with Gasteiger partial charge in [0, 0.05) is 10.4 Å². The number of carbonyl (C=O) groups excluding carboxylic acids is 2. The lowest BCUT2D eigenvalue weighted by atomic mass is 10.1. The summed E-state index contributed by atoms with van der Waals surface area (Å²) < 4.78 is 10.4. The van der Waals surface area contributed by atoms with Crippen LogP contribution in [-0.4, -0.2) is 24.0 Å². The Morgan fingerprint density at radius 3 is 2.67 bits per heavy atom. The second-order valence-corrected chi connectivity index (χ2v) is 6.96. The Morgan fingerprint density at radius 2 is 2.00 bits per heavy atom. The molecule has 1 unspecified atom stereocenters. The summed E-state index contributed by atoms with van der Waals surface area (Å²) >= 11 is 1.48. The first-order valence-corrected chi connectivity index (χ1v) is 9.36. The number of ether oxygens (including phenoxy) is 1. The van der Waals surface area contributed by atoms with Gasteiger partial charge in [-0.3, -0.25) is 9.59 Å². The average molecular weight is 384 g/mol. The minimum Gasteiger partial charge on any atom is -0.469 e. The number of nitrogens with one attached hydrogen (secondary N) is 1. The van der Waals surface area contributed by atoms with E-state index in [1.807, 2.05) is 47.8 Å². The number of carbonyl (C=O) groups is 2. The van der Waals surface area contributed by atoms with Gasteiger partial charge in [-0.25, -0.2) is 4.98 Å². The average Bonchev–Trinajstić information content (AvgIpc) is 3.32. The molecule has 7 heteroatoms. The Hall–Kier alpha value is -2.93. The first-order chi connectivity index (χ1) is 13.1. The number of esters is 1. The summed E-state index contributed by atoms with van der Waals surface area (Å²) in [5, 5.41) is 4.80. The van der Waals surface area contributed by atoms with E-state index < -0.39 is 6.04 Å². The number of hydrogen-bond acceptors (Lipinski definition) is 6. The van der Waals surface area contributed by atoms with E-state index in [2.05, 4.69) is 10.3 Å². The molecule has 0 spiro atoms. The zero-order valence-corrected chi connectivity index (χ0v) is 15.9. The van der Waals surface area contributed by atoms with Crippen molar-refractivity contribution in [3.63, 3.8) is 0 Å². The van der Waals surface area contributed by atoms with E-state index in [1.54, 1.807) is 6.92 Å². The molecule has 2 heterocycles. The van der Waals surface area contributed by atoms with Gasteiger partial charge in [0.2, 0.25) is 11.8 Å². The third-order valence-corrected chi connectivity index (χ3v) is 5.05. The number of amides is 1. The van der Waals surface area contributed by atoms with Crippen LogP contribution in [0.2, 0.25) is 0 Å². The predicted molar refractivity (Wildman–Crippen MR) is 102 cm³/mol. The quantitative estimate of drug-likeness (QED) is 0.629. The van der Waals surface area contributed by atoms with Crippen molar-refractivity contribution in [1.82, 2.24) is 10.3 Å². The summed E-state index contributed by atoms with van der Waals surface area (Å²) in [4.78, 5) is 29.6. The van der Waals surface area contributed by atoms with Gasteiger partial charge in [-0.15, -0.1) is 11.3 Å². The van der Waals surface area contributed by atoms with E-state index in [1.165, 1.54) is 18.4 Å². The van der Waals surface area contributed by atoms with E-state index in [0.717, 1.165) is 10.4 Å². The molecule has 0 aliphatic rings. The summed E-state index contributed by atoms with van der Waals surface area (Å²) in [5.41, 5.74) is 1.43. The third-order valence-electron chi connectivity index (χ3n) is 4.06. The maximum absolute atomic E-state index is 12.5. The third kappa shape index (κ3) is 4.83. The van der Waals surface area contributed by atoms with Gasteiger partial charge in [0.15, 0.2) is 0 Å². The first-order valence-electron chi connectivity index (χ1n) is 8.48. The predicted octanol–water partition coefficient (Wildman–Crippen LogP) is 3.67. The Morgan fingerprint density at radius 1 is 1.22 bits per heavy atom. The molecule has 1 amide bonds. The van der Waals surface area contributed by atoms with Gasteiger partial charge in [0.25, 0.3) is 0 Å². The topological polar surface area (TPSA) is 81.4 Å². The highest BCUT2D eigenvalue weighted by Gasteiger charge is 2.21. The number of hydrogen-bond donors (Lipinski definition) is 1. The first kappa shape index (κ1) is 18.8. The maximum Gasteiger partial charge on any atom is 0.307 e. The summed E-state index contributed by atoms with van der Waals surface area (Å²) in [6.07, 6.45) is 0.154. The number of oxazole rings is 1. The van der Waals surface area contributed by atoms with Gasteiger partial charge in [-0.1, -0.05) is 24.3 Å². The number of aryl methyl sites for hydroxylation is 1. The number of rotatable bonds is 7. The van der Waals surface area contributed by atoms with Crippen molar-refractivity contribution < 1.29 is 18.7 Å². The van der Waals surface area contributed by atoms with Gasteiger partial charge in [0.1, 0.15) is 5.76 Å². The molecule has 140 valence electrons. The van der Waals surface area contributed by atoms with E-state index in [4.69, 9.17) is 9.15 Å². The molecule has 0 aliphatic heterocycles. The van der Waals surface area contributed by atoms with E-state index in [0.29, 0.717) is 17.3 Å². The van der Waals surface area contributed by atoms with Gasteiger partial charge in [-0.05, 0) is 30.5 Å². The summed E-state index contributed by atoms with van der Waals surface area (Å²) in [6, 6.07) is 12.9. The van der Waals surface area contributed by atoms with E-state index in [-0.39, 0.29) is 24.7 Å². The Labute approximate surface area is 161 Å². The standard InChI is InChI=1S/C20H20N2O4S/c1-13-15(22-20(26-13)14-7-4-3-5-8-14)11-18(23)21-16(12-19(24)25-2)17-9-6-10-27-17/h3-10,16H,11-12H2,1-2H3,(H,21,23). The molecule has 0 radical (unpaired) electrons. The zero-order valence-electron chi connectivity index (χ0n) is 15.1. The van der Waals surface area contributed by atoms with Crippen LogP contribution < -0.4 is 5.32 Å². The van der Waals surface area contributed by atoms with Crippen LogP contribution in [0.15, 0.2) is 52.3 Å². The maximum atomic E-state index is 12.5.